The number of carboxylic acid groups (broad SMARTS) is 1. The Morgan fingerprint density at radius 3 is 2.29 bits per heavy atom. The molecule has 0 spiro atoms. The van der Waals surface area contributed by atoms with Gasteiger partial charge in [-0.15, -0.1) is 0 Å². The van der Waals surface area contributed by atoms with E-state index in [0.29, 0.717) is 6.42 Å². The van der Waals surface area contributed by atoms with Crippen molar-refractivity contribution < 1.29 is 9.90 Å². The lowest BCUT2D eigenvalue weighted by molar-refractivity contribution is -0.143. The van der Waals surface area contributed by atoms with Crippen molar-refractivity contribution in [2.75, 3.05) is 0 Å². The molecule has 17 heavy (non-hydrogen) atoms. The van der Waals surface area contributed by atoms with Crippen molar-refractivity contribution in [1.29, 1.82) is 0 Å². The predicted octanol–water partition coefficient (Wildman–Crippen LogP) is 2.60. The number of carbonyl (C=O) groups is 1. The number of aliphatic carboxylic acids is 1. The zero-order valence-electron chi connectivity index (χ0n) is 10.9. The van der Waals surface area contributed by atoms with E-state index < -0.39 is 11.5 Å². The maximum absolute atomic E-state index is 11.0. The molecule has 0 aliphatic heterocycles. The lowest BCUT2D eigenvalue weighted by Gasteiger charge is -2.25. The van der Waals surface area contributed by atoms with E-state index in [2.05, 4.69) is 0 Å². The quantitative estimate of drug-likeness (QED) is 0.843. The molecule has 0 aliphatic carbocycles. The van der Waals surface area contributed by atoms with E-state index in [1.54, 1.807) is 6.92 Å². The number of carboxylic acids is 1. The second-order valence-corrected chi connectivity index (χ2v) is 5.13. The zero-order chi connectivity index (χ0) is 13.2. The van der Waals surface area contributed by atoms with Gasteiger partial charge in [0.05, 0.1) is 0 Å². The number of hydrogen-bond donors (Lipinski definition) is 2. The average molecular weight is 235 g/mol. The van der Waals surface area contributed by atoms with Crippen molar-refractivity contribution in [2.45, 2.75) is 45.6 Å². The molecule has 1 rings (SSSR count). The molecule has 3 nitrogen and oxygen atoms in total. The Labute approximate surface area is 103 Å². The molecule has 2 atom stereocenters. The van der Waals surface area contributed by atoms with Gasteiger partial charge in [0.15, 0.2) is 0 Å². The first-order valence-electron chi connectivity index (χ1n) is 5.84. The summed E-state index contributed by atoms with van der Waals surface area (Å²) in [5, 5.41) is 9.05. The molecular formula is C14H21NO2. The third-order valence-electron chi connectivity index (χ3n) is 3.25. The van der Waals surface area contributed by atoms with Crippen LogP contribution in [-0.2, 0) is 4.79 Å². The molecule has 0 heterocycles. The SMILES string of the molecule is Cc1cccc(C)c1C(C)CC(C)(N)C(=O)O. The molecule has 3 heteroatoms. The highest BCUT2D eigenvalue weighted by atomic mass is 16.4. The Morgan fingerprint density at radius 1 is 1.41 bits per heavy atom. The van der Waals surface area contributed by atoms with Gasteiger partial charge >= 0.3 is 5.97 Å². The summed E-state index contributed by atoms with van der Waals surface area (Å²) in [5.74, 6) is -0.808. The number of benzene rings is 1. The summed E-state index contributed by atoms with van der Waals surface area (Å²) in [5.41, 5.74) is 8.23. The molecular weight excluding hydrogens is 214 g/mol. The number of aryl methyl sites for hydroxylation is 2. The Bertz CT molecular complexity index is 404. The van der Waals surface area contributed by atoms with Crippen LogP contribution in [0.4, 0.5) is 0 Å². The summed E-state index contributed by atoms with van der Waals surface area (Å²) in [6.07, 6.45) is 0.439. The second-order valence-electron chi connectivity index (χ2n) is 5.13. The highest BCUT2D eigenvalue weighted by molar-refractivity contribution is 5.78. The van der Waals surface area contributed by atoms with Gasteiger partial charge in [0.25, 0.3) is 0 Å². The zero-order valence-corrected chi connectivity index (χ0v) is 10.9. The summed E-state index contributed by atoms with van der Waals surface area (Å²) >= 11 is 0. The van der Waals surface area contributed by atoms with E-state index in [0.717, 1.165) is 0 Å². The first-order chi connectivity index (χ1) is 7.75. The minimum absolute atomic E-state index is 0.141. The summed E-state index contributed by atoms with van der Waals surface area (Å²) in [4.78, 5) is 11.0. The lowest BCUT2D eigenvalue weighted by atomic mass is 9.83. The normalized spacial score (nSPS) is 16.3. The number of rotatable bonds is 4. The molecule has 0 saturated heterocycles. The van der Waals surface area contributed by atoms with Crippen molar-refractivity contribution in [1.82, 2.24) is 0 Å². The Balaban J connectivity index is 2.98. The molecule has 0 amide bonds. The van der Waals surface area contributed by atoms with Gasteiger partial charge in [-0.25, -0.2) is 0 Å². The minimum atomic E-state index is -1.17. The molecule has 2 unspecified atom stereocenters. The topological polar surface area (TPSA) is 63.3 Å². The van der Waals surface area contributed by atoms with Gasteiger partial charge in [-0.1, -0.05) is 25.1 Å². The molecule has 0 saturated carbocycles. The monoisotopic (exact) mass is 235 g/mol. The van der Waals surface area contributed by atoms with Gasteiger partial charge in [-0.05, 0) is 49.8 Å². The fourth-order valence-corrected chi connectivity index (χ4v) is 2.43. The van der Waals surface area contributed by atoms with Gasteiger partial charge in [-0.2, -0.15) is 0 Å². The molecule has 0 fully saturated rings. The molecule has 1 aromatic carbocycles. The highest BCUT2D eigenvalue weighted by Crippen LogP contribution is 2.29. The highest BCUT2D eigenvalue weighted by Gasteiger charge is 2.31. The van der Waals surface area contributed by atoms with Crippen LogP contribution in [0.1, 0.15) is 42.9 Å². The fourth-order valence-electron chi connectivity index (χ4n) is 2.43. The third kappa shape index (κ3) is 3.07. The molecule has 0 bridgehead atoms. The first-order valence-corrected chi connectivity index (χ1v) is 5.84. The summed E-state index contributed by atoms with van der Waals surface area (Å²) < 4.78 is 0. The maximum atomic E-state index is 11.0. The van der Waals surface area contributed by atoms with Gasteiger partial charge in [-0.3, -0.25) is 4.79 Å². The van der Waals surface area contributed by atoms with Gasteiger partial charge < -0.3 is 10.8 Å². The first kappa shape index (κ1) is 13.7. The van der Waals surface area contributed by atoms with Crippen LogP contribution in [0.3, 0.4) is 0 Å². The smallest absolute Gasteiger partial charge is 0.323 e. The average Bonchev–Trinajstić information content (AvgIpc) is 2.15. The number of hydrogen-bond acceptors (Lipinski definition) is 2. The van der Waals surface area contributed by atoms with Gasteiger partial charge in [0.2, 0.25) is 0 Å². The summed E-state index contributed by atoms with van der Waals surface area (Å²) in [7, 11) is 0. The van der Waals surface area contributed by atoms with E-state index in [9.17, 15) is 4.79 Å². The van der Waals surface area contributed by atoms with Crippen molar-refractivity contribution in [2.24, 2.45) is 5.73 Å². The van der Waals surface area contributed by atoms with Crippen molar-refractivity contribution >= 4 is 5.97 Å². The van der Waals surface area contributed by atoms with E-state index in [-0.39, 0.29) is 5.92 Å². The summed E-state index contributed by atoms with van der Waals surface area (Å²) in [6.45, 7) is 7.70. The minimum Gasteiger partial charge on any atom is -0.480 e. The van der Waals surface area contributed by atoms with Crippen LogP contribution >= 0.6 is 0 Å². The largest absolute Gasteiger partial charge is 0.480 e. The van der Waals surface area contributed by atoms with Crippen LogP contribution in [0.2, 0.25) is 0 Å². The van der Waals surface area contributed by atoms with Gasteiger partial charge in [0.1, 0.15) is 5.54 Å². The Kier molecular flexibility index (Phi) is 3.94. The van der Waals surface area contributed by atoms with Crippen LogP contribution in [0, 0.1) is 13.8 Å². The van der Waals surface area contributed by atoms with Gasteiger partial charge in [0, 0.05) is 0 Å². The van der Waals surface area contributed by atoms with Crippen molar-refractivity contribution in [3.8, 4) is 0 Å². The third-order valence-corrected chi connectivity index (χ3v) is 3.25. The molecule has 0 aromatic heterocycles. The molecule has 1 aromatic rings. The van der Waals surface area contributed by atoms with E-state index >= 15 is 0 Å². The van der Waals surface area contributed by atoms with Crippen LogP contribution in [0.25, 0.3) is 0 Å². The molecule has 94 valence electrons. The second kappa shape index (κ2) is 4.88. The van der Waals surface area contributed by atoms with E-state index in [1.165, 1.54) is 16.7 Å². The van der Waals surface area contributed by atoms with Crippen LogP contribution in [0.15, 0.2) is 18.2 Å². The van der Waals surface area contributed by atoms with Crippen LogP contribution < -0.4 is 5.73 Å². The van der Waals surface area contributed by atoms with E-state index in [1.807, 2.05) is 39.0 Å². The predicted molar refractivity (Wildman–Crippen MR) is 69.2 cm³/mol. The lowest BCUT2D eigenvalue weighted by Crippen LogP contribution is -2.45. The molecule has 0 radical (unpaired) electrons. The Morgan fingerprint density at radius 2 is 1.88 bits per heavy atom. The molecule has 0 aliphatic rings. The van der Waals surface area contributed by atoms with Crippen LogP contribution in [0.5, 0.6) is 0 Å². The standard InChI is InChI=1S/C14H21NO2/c1-9-6-5-7-10(2)12(9)11(3)8-14(4,15)13(16)17/h5-7,11H,8,15H2,1-4H3,(H,16,17). The maximum Gasteiger partial charge on any atom is 0.323 e. The number of nitrogens with two attached hydrogens (primary N) is 1. The van der Waals surface area contributed by atoms with Crippen molar-refractivity contribution in [3.05, 3.63) is 34.9 Å². The van der Waals surface area contributed by atoms with E-state index in [4.69, 9.17) is 10.8 Å². The Hall–Kier alpha value is -1.35. The molecule has 3 N–H and O–H groups in total. The van der Waals surface area contributed by atoms with Crippen molar-refractivity contribution in [3.63, 3.8) is 0 Å². The summed E-state index contributed by atoms with van der Waals surface area (Å²) in [6, 6.07) is 6.11. The van der Waals surface area contributed by atoms with Crippen LogP contribution in [-0.4, -0.2) is 16.6 Å². The fraction of sp³-hybridized carbons (Fsp3) is 0.500.